The number of rotatable bonds is 6. The number of morpholine rings is 1. The van der Waals surface area contributed by atoms with E-state index in [2.05, 4.69) is 58.9 Å². The van der Waals surface area contributed by atoms with Crippen LogP contribution in [0.15, 0.2) is 18.5 Å². The van der Waals surface area contributed by atoms with Gasteiger partial charge in [0.2, 0.25) is 0 Å². The molecule has 3 aliphatic rings. The Hall–Kier alpha value is -2.89. The molecular weight excluding hydrogens is 452 g/mol. The van der Waals surface area contributed by atoms with Crippen LogP contribution in [0.5, 0.6) is 5.75 Å². The number of nitriles is 1. The number of ether oxygens (including phenoxy) is 2. The van der Waals surface area contributed by atoms with Crippen LogP contribution in [0.1, 0.15) is 57.1 Å². The SMILES string of the molecule is CN(CCC#N)c1c(O[C@H]2CC[C@H](N3CCOCC3)CC2)ccc2c1CC(C)(C)c1c(N)ncnc1-2. The molecule has 0 bridgehead atoms. The molecule has 2 aromatic rings. The van der Waals surface area contributed by atoms with E-state index in [1.54, 1.807) is 6.33 Å². The molecule has 2 N–H and O–H groups in total. The van der Waals surface area contributed by atoms with E-state index in [1.807, 2.05) is 0 Å². The first-order valence-electron chi connectivity index (χ1n) is 13.2. The van der Waals surface area contributed by atoms with Gasteiger partial charge in [-0.2, -0.15) is 5.26 Å². The van der Waals surface area contributed by atoms with E-state index in [0.717, 1.165) is 86.7 Å². The van der Waals surface area contributed by atoms with Crippen LogP contribution in [-0.4, -0.2) is 66.9 Å². The minimum Gasteiger partial charge on any atom is -0.488 e. The highest BCUT2D eigenvalue weighted by Crippen LogP contribution is 2.49. The molecule has 1 aromatic heterocycles. The van der Waals surface area contributed by atoms with Gasteiger partial charge in [-0.1, -0.05) is 13.8 Å². The molecule has 36 heavy (non-hydrogen) atoms. The van der Waals surface area contributed by atoms with Crippen molar-refractivity contribution < 1.29 is 9.47 Å². The van der Waals surface area contributed by atoms with Crippen molar-refractivity contribution in [1.82, 2.24) is 14.9 Å². The Morgan fingerprint density at radius 2 is 1.94 bits per heavy atom. The van der Waals surface area contributed by atoms with Crippen molar-refractivity contribution in [3.8, 4) is 23.1 Å². The van der Waals surface area contributed by atoms with Gasteiger partial charge in [0.05, 0.1) is 43.2 Å². The van der Waals surface area contributed by atoms with E-state index >= 15 is 0 Å². The van der Waals surface area contributed by atoms with Crippen LogP contribution >= 0.6 is 0 Å². The molecule has 2 heterocycles. The molecule has 0 unspecified atom stereocenters. The van der Waals surface area contributed by atoms with Gasteiger partial charge >= 0.3 is 0 Å². The summed E-state index contributed by atoms with van der Waals surface area (Å²) >= 11 is 0. The topological polar surface area (TPSA) is 101 Å². The van der Waals surface area contributed by atoms with Gasteiger partial charge in [-0.05, 0) is 55.2 Å². The molecule has 1 aliphatic heterocycles. The highest BCUT2D eigenvalue weighted by molar-refractivity contribution is 5.83. The number of hydrogen-bond acceptors (Lipinski definition) is 8. The van der Waals surface area contributed by atoms with Crippen LogP contribution in [0.2, 0.25) is 0 Å². The van der Waals surface area contributed by atoms with Crippen molar-refractivity contribution in [2.24, 2.45) is 0 Å². The zero-order valence-corrected chi connectivity index (χ0v) is 21.8. The second-order valence-corrected chi connectivity index (χ2v) is 11.0. The number of nitrogens with two attached hydrogens (primary N) is 1. The van der Waals surface area contributed by atoms with Crippen LogP contribution in [-0.2, 0) is 16.6 Å². The van der Waals surface area contributed by atoms with Gasteiger partial charge in [0.15, 0.2) is 0 Å². The van der Waals surface area contributed by atoms with Crippen LogP contribution < -0.4 is 15.4 Å². The molecule has 8 heteroatoms. The molecule has 2 aliphatic carbocycles. The van der Waals surface area contributed by atoms with Gasteiger partial charge < -0.3 is 20.1 Å². The smallest absolute Gasteiger partial charge is 0.143 e. The first kappa shape index (κ1) is 24.8. The lowest BCUT2D eigenvalue weighted by atomic mass is 9.71. The molecule has 1 saturated heterocycles. The molecule has 0 spiro atoms. The van der Waals surface area contributed by atoms with Crippen molar-refractivity contribution >= 4 is 11.5 Å². The highest BCUT2D eigenvalue weighted by atomic mass is 16.5. The molecule has 5 rings (SSSR count). The summed E-state index contributed by atoms with van der Waals surface area (Å²) in [6, 6.07) is 7.15. The molecule has 0 atom stereocenters. The number of aromatic nitrogens is 2. The molecule has 0 amide bonds. The minimum atomic E-state index is -0.215. The van der Waals surface area contributed by atoms with Gasteiger partial charge in [-0.15, -0.1) is 0 Å². The fraction of sp³-hybridized carbons (Fsp3) is 0.607. The molecule has 8 nitrogen and oxygen atoms in total. The average Bonchev–Trinajstić information content (AvgIpc) is 2.87. The third kappa shape index (κ3) is 4.74. The Morgan fingerprint density at radius 3 is 2.67 bits per heavy atom. The van der Waals surface area contributed by atoms with Crippen molar-refractivity contribution in [2.75, 3.05) is 50.5 Å². The maximum atomic E-state index is 9.26. The molecule has 1 aromatic carbocycles. The number of nitrogen functional groups attached to an aromatic ring is 1. The zero-order chi connectivity index (χ0) is 25.3. The Bertz CT molecular complexity index is 1130. The van der Waals surface area contributed by atoms with Gasteiger partial charge in [0, 0.05) is 43.9 Å². The molecule has 192 valence electrons. The number of fused-ring (bicyclic) bond motifs is 3. The van der Waals surface area contributed by atoms with Crippen molar-refractivity contribution in [1.29, 1.82) is 5.26 Å². The lowest BCUT2D eigenvalue weighted by Gasteiger charge is -2.39. The molecule has 2 fully saturated rings. The summed E-state index contributed by atoms with van der Waals surface area (Å²) < 4.78 is 12.3. The summed E-state index contributed by atoms with van der Waals surface area (Å²) in [5.41, 5.74) is 11.4. The minimum absolute atomic E-state index is 0.199. The van der Waals surface area contributed by atoms with Crippen LogP contribution in [0.25, 0.3) is 11.3 Å². The summed E-state index contributed by atoms with van der Waals surface area (Å²) in [6.07, 6.45) is 7.44. The number of hydrogen-bond donors (Lipinski definition) is 1. The number of nitrogens with zero attached hydrogens (tertiary/aromatic N) is 5. The number of benzene rings is 1. The van der Waals surface area contributed by atoms with Crippen molar-refractivity contribution in [3.05, 3.63) is 29.6 Å². The van der Waals surface area contributed by atoms with Gasteiger partial charge in [0.25, 0.3) is 0 Å². The average molecular weight is 491 g/mol. The Labute approximate surface area is 214 Å². The quantitative estimate of drug-likeness (QED) is 0.650. The van der Waals surface area contributed by atoms with Crippen LogP contribution in [0.4, 0.5) is 11.5 Å². The summed E-state index contributed by atoms with van der Waals surface area (Å²) in [5.74, 6) is 1.46. The second kappa shape index (κ2) is 10.2. The fourth-order valence-electron chi connectivity index (χ4n) is 6.31. The van der Waals surface area contributed by atoms with Crippen molar-refractivity contribution in [2.45, 2.75) is 69.9 Å². The predicted octanol–water partition coefficient (Wildman–Crippen LogP) is 3.93. The first-order chi connectivity index (χ1) is 17.4. The van der Waals surface area contributed by atoms with Crippen molar-refractivity contribution in [3.63, 3.8) is 0 Å². The number of anilines is 2. The van der Waals surface area contributed by atoms with E-state index in [-0.39, 0.29) is 11.5 Å². The second-order valence-electron chi connectivity index (χ2n) is 11.0. The maximum Gasteiger partial charge on any atom is 0.143 e. The predicted molar refractivity (Wildman–Crippen MR) is 141 cm³/mol. The molecule has 1 saturated carbocycles. The lowest BCUT2D eigenvalue weighted by molar-refractivity contribution is -0.000997. The molecular formula is C28H38N6O2. The van der Waals surface area contributed by atoms with Crippen LogP contribution in [0.3, 0.4) is 0 Å². The van der Waals surface area contributed by atoms with E-state index in [4.69, 9.17) is 15.2 Å². The standard InChI is InChI=1S/C28H38N6O2/c1-28(2)17-22-21(25-24(28)27(30)32-18-31-25)9-10-23(26(22)33(3)12-4-11-29)36-20-7-5-19(6-8-20)34-13-15-35-16-14-34/h9-10,18-20H,4-8,12-17H2,1-3H3,(H2,30,31,32)/t19-,20-. The maximum absolute atomic E-state index is 9.26. The monoisotopic (exact) mass is 490 g/mol. The third-order valence-corrected chi connectivity index (χ3v) is 8.11. The highest BCUT2D eigenvalue weighted by Gasteiger charge is 2.37. The third-order valence-electron chi connectivity index (χ3n) is 8.11. The summed E-state index contributed by atoms with van der Waals surface area (Å²) in [7, 11) is 2.06. The molecule has 0 radical (unpaired) electrons. The lowest BCUT2D eigenvalue weighted by Crippen LogP contribution is -2.46. The largest absolute Gasteiger partial charge is 0.488 e. The zero-order valence-electron chi connectivity index (χ0n) is 21.8. The Balaban J connectivity index is 1.44. The Morgan fingerprint density at radius 1 is 1.19 bits per heavy atom. The Kier molecular flexibility index (Phi) is 7.05. The summed E-state index contributed by atoms with van der Waals surface area (Å²) in [6.45, 7) is 8.83. The van der Waals surface area contributed by atoms with E-state index in [1.165, 1.54) is 5.56 Å². The fourth-order valence-corrected chi connectivity index (χ4v) is 6.31. The van der Waals surface area contributed by atoms with E-state index < -0.39 is 0 Å². The van der Waals surface area contributed by atoms with Gasteiger partial charge in [-0.25, -0.2) is 9.97 Å². The summed E-state index contributed by atoms with van der Waals surface area (Å²) in [4.78, 5) is 13.7. The normalized spacial score (nSPS) is 23.3. The van der Waals surface area contributed by atoms with Crippen LogP contribution in [0, 0.1) is 11.3 Å². The summed E-state index contributed by atoms with van der Waals surface area (Å²) in [5, 5.41) is 9.26. The first-order valence-corrected chi connectivity index (χ1v) is 13.2. The van der Waals surface area contributed by atoms with E-state index in [0.29, 0.717) is 24.8 Å². The van der Waals surface area contributed by atoms with Gasteiger partial charge in [-0.3, -0.25) is 4.90 Å². The van der Waals surface area contributed by atoms with E-state index in [9.17, 15) is 5.26 Å². The van der Waals surface area contributed by atoms with Gasteiger partial charge in [0.1, 0.15) is 17.9 Å².